The Kier molecular flexibility index (Phi) is 2.83. The molecule has 2 aromatic carbocycles. The Morgan fingerprint density at radius 2 is 1.25 bits per heavy atom. The topological polar surface area (TPSA) is 25.8 Å². The second-order valence-corrected chi connectivity index (χ2v) is 5.89. The molecule has 0 aliphatic rings. The van der Waals surface area contributed by atoms with Crippen LogP contribution in [0.15, 0.2) is 58.2 Å². The molecule has 0 aliphatic carbocycles. The molecule has 96 valence electrons. The SMILES string of the molecule is c1cc(-c2cscn2)c2c(-c3cscn3)cccc2c1. The van der Waals surface area contributed by atoms with Crippen LogP contribution in [-0.2, 0) is 0 Å². The highest BCUT2D eigenvalue weighted by Crippen LogP contribution is 2.35. The lowest BCUT2D eigenvalue weighted by atomic mass is 9.96. The van der Waals surface area contributed by atoms with Gasteiger partial charge in [-0.2, -0.15) is 0 Å². The standard InChI is InChI=1S/C16H10N2S2/c1-3-11-4-2-6-13(15-8-20-10-18-15)16(11)12(5-1)14-7-19-9-17-14/h1-10H. The van der Waals surface area contributed by atoms with Crippen LogP contribution < -0.4 is 0 Å². The summed E-state index contributed by atoms with van der Waals surface area (Å²) in [4.78, 5) is 8.92. The van der Waals surface area contributed by atoms with E-state index in [1.54, 1.807) is 22.7 Å². The van der Waals surface area contributed by atoms with Crippen LogP contribution in [0.2, 0.25) is 0 Å². The van der Waals surface area contributed by atoms with Crippen LogP contribution in [-0.4, -0.2) is 9.97 Å². The summed E-state index contributed by atoms with van der Waals surface area (Å²) in [7, 11) is 0. The fourth-order valence-corrected chi connectivity index (χ4v) is 3.56. The first-order valence-electron chi connectivity index (χ1n) is 6.22. The van der Waals surface area contributed by atoms with E-state index >= 15 is 0 Å². The van der Waals surface area contributed by atoms with E-state index in [0.717, 1.165) is 11.4 Å². The molecule has 0 spiro atoms. The highest BCUT2D eigenvalue weighted by molar-refractivity contribution is 7.08. The van der Waals surface area contributed by atoms with Gasteiger partial charge in [0, 0.05) is 27.3 Å². The van der Waals surface area contributed by atoms with E-state index in [1.165, 1.54) is 21.9 Å². The van der Waals surface area contributed by atoms with Crippen LogP contribution in [0.25, 0.3) is 33.3 Å². The number of nitrogens with zero attached hydrogens (tertiary/aromatic N) is 2. The number of fused-ring (bicyclic) bond motifs is 1. The van der Waals surface area contributed by atoms with Crippen molar-refractivity contribution in [1.29, 1.82) is 0 Å². The van der Waals surface area contributed by atoms with Crippen molar-refractivity contribution in [2.75, 3.05) is 0 Å². The Morgan fingerprint density at radius 3 is 1.70 bits per heavy atom. The van der Waals surface area contributed by atoms with Gasteiger partial charge in [-0.05, 0) is 5.39 Å². The molecule has 0 amide bonds. The van der Waals surface area contributed by atoms with Crippen LogP contribution in [0, 0.1) is 0 Å². The van der Waals surface area contributed by atoms with Crippen LogP contribution in [0.3, 0.4) is 0 Å². The van der Waals surface area contributed by atoms with E-state index in [0.29, 0.717) is 0 Å². The molecule has 0 bridgehead atoms. The molecule has 20 heavy (non-hydrogen) atoms. The number of thiazole rings is 2. The number of aromatic nitrogens is 2. The van der Waals surface area contributed by atoms with Crippen molar-refractivity contribution in [3.8, 4) is 22.5 Å². The van der Waals surface area contributed by atoms with Crippen molar-refractivity contribution in [1.82, 2.24) is 9.97 Å². The summed E-state index contributed by atoms with van der Waals surface area (Å²) in [6, 6.07) is 12.7. The zero-order chi connectivity index (χ0) is 13.4. The molecule has 0 N–H and O–H groups in total. The third kappa shape index (κ3) is 1.85. The lowest BCUT2D eigenvalue weighted by molar-refractivity contribution is 1.41. The molecule has 4 rings (SSSR count). The van der Waals surface area contributed by atoms with E-state index in [4.69, 9.17) is 0 Å². The Balaban J connectivity index is 2.11. The minimum atomic E-state index is 1.03. The number of hydrogen-bond donors (Lipinski definition) is 0. The number of rotatable bonds is 2. The second kappa shape index (κ2) is 4.81. The Labute approximate surface area is 124 Å². The van der Waals surface area contributed by atoms with E-state index < -0.39 is 0 Å². The maximum absolute atomic E-state index is 4.46. The third-order valence-corrected chi connectivity index (χ3v) is 4.49. The van der Waals surface area contributed by atoms with Crippen molar-refractivity contribution < 1.29 is 0 Å². The second-order valence-electron chi connectivity index (χ2n) is 4.46. The highest BCUT2D eigenvalue weighted by atomic mass is 32.1. The molecule has 0 saturated heterocycles. The molecule has 0 saturated carbocycles. The van der Waals surface area contributed by atoms with Gasteiger partial charge in [-0.3, -0.25) is 0 Å². The largest absolute Gasteiger partial charge is 0.245 e. The third-order valence-electron chi connectivity index (χ3n) is 3.32. The Hall–Kier alpha value is -2.04. The lowest BCUT2D eigenvalue weighted by Gasteiger charge is -2.09. The smallest absolute Gasteiger partial charge is 0.0817 e. The molecule has 0 unspecified atom stereocenters. The zero-order valence-corrected chi connectivity index (χ0v) is 12.1. The van der Waals surface area contributed by atoms with Crippen molar-refractivity contribution in [2.24, 2.45) is 0 Å². The summed E-state index contributed by atoms with van der Waals surface area (Å²) in [6.07, 6.45) is 0. The maximum Gasteiger partial charge on any atom is 0.0817 e. The minimum Gasteiger partial charge on any atom is -0.245 e. The quantitative estimate of drug-likeness (QED) is 0.515. The molecule has 2 nitrogen and oxygen atoms in total. The van der Waals surface area contributed by atoms with Gasteiger partial charge in [0.05, 0.1) is 22.4 Å². The van der Waals surface area contributed by atoms with Gasteiger partial charge < -0.3 is 0 Å². The summed E-state index contributed by atoms with van der Waals surface area (Å²) in [5, 5.41) is 6.63. The monoisotopic (exact) mass is 294 g/mol. The molecule has 0 fully saturated rings. The fraction of sp³-hybridized carbons (Fsp3) is 0. The Bertz CT molecular complexity index is 780. The van der Waals surface area contributed by atoms with Gasteiger partial charge in [0.2, 0.25) is 0 Å². The fourth-order valence-electron chi connectivity index (χ4n) is 2.46. The van der Waals surface area contributed by atoms with E-state index in [1.807, 2.05) is 11.0 Å². The van der Waals surface area contributed by atoms with Gasteiger partial charge in [0.15, 0.2) is 0 Å². The molecule has 2 heterocycles. The molecule has 0 radical (unpaired) electrons. The van der Waals surface area contributed by atoms with Crippen LogP contribution in [0.5, 0.6) is 0 Å². The molecular weight excluding hydrogens is 284 g/mol. The molecular formula is C16H10N2S2. The van der Waals surface area contributed by atoms with E-state index in [2.05, 4.69) is 57.1 Å². The van der Waals surface area contributed by atoms with Crippen LogP contribution in [0.1, 0.15) is 0 Å². The summed E-state index contributed by atoms with van der Waals surface area (Å²) >= 11 is 3.24. The minimum absolute atomic E-state index is 1.03. The van der Waals surface area contributed by atoms with Gasteiger partial charge >= 0.3 is 0 Å². The number of benzene rings is 2. The number of hydrogen-bond acceptors (Lipinski definition) is 4. The first-order chi connectivity index (χ1) is 9.93. The first-order valence-corrected chi connectivity index (χ1v) is 8.11. The summed E-state index contributed by atoms with van der Waals surface area (Å²) in [5.41, 5.74) is 8.16. The summed E-state index contributed by atoms with van der Waals surface area (Å²) < 4.78 is 0. The summed E-state index contributed by atoms with van der Waals surface area (Å²) in [6.45, 7) is 0. The van der Waals surface area contributed by atoms with Crippen molar-refractivity contribution in [3.63, 3.8) is 0 Å². The maximum atomic E-state index is 4.46. The Morgan fingerprint density at radius 1 is 0.700 bits per heavy atom. The van der Waals surface area contributed by atoms with Gasteiger partial charge in [-0.1, -0.05) is 36.4 Å². The highest BCUT2D eigenvalue weighted by Gasteiger charge is 2.11. The predicted octanol–water partition coefficient (Wildman–Crippen LogP) is 5.09. The van der Waals surface area contributed by atoms with Crippen molar-refractivity contribution >= 4 is 33.4 Å². The molecule has 2 aromatic heterocycles. The van der Waals surface area contributed by atoms with Crippen molar-refractivity contribution in [2.45, 2.75) is 0 Å². The van der Waals surface area contributed by atoms with Crippen molar-refractivity contribution in [3.05, 3.63) is 58.2 Å². The normalized spacial score (nSPS) is 11.0. The molecule has 0 aliphatic heterocycles. The lowest BCUT2D eigenvalue weighted by Crippen LogP contribution is -1.86. The molecule has 4 aromatic rings. The van der Waals surface area contributed by atoms with Gasteiger partial charge in [-0.15, -0.1) is 22.7 Å². The van der Waals surface area contributed by atoms with Gasteiger partial charge in [-0.25, -0.2) is 9.97 Å². The van der Waals surface area contributed by atoms with Gasteiger partial charge in [0.25, 0.3) is 0 Å². The van der Waals surface area contributed by atoms with E-state index in [9.17, 15) is 0 Å². The predicted molar refractivity (Wildman–Crippen MR) is 86.2 cm³/mol. The van der Waals surface area contributed by atoms with Crippen LogP contribution in [0.4, 0.5) is 0 Å². The average molecular weight is 294 g/mol. The van der Waals surface area contributed by atoms with Crippen LogP contribution >= 0.6 is 22.7 Å². The van der Waals surface area contributed by atoms with Gasteiger partial charge in [0.1, 0.15) is 0 Å². The molecule has 0 atom stereocenters. The molecule has 4 heteroatoms. The zero-order valence-electron chi connectivity index (χ0n) is 10.5. The average Bonchev–Trinajstić information content (AvgIpc) is 3.19. The van der Waals surface area contributed by atoms with E-state index in [-0.39, 0.29) is 0 Å². The summed E-state index contributed by atoms with van der Waals surface area (Å²) in [5.74, 6) is 0. The first kappa shape index (κ1) is 11.8.